The van der Waals surface area contributed by atoms with Crippen LogP contribution in [0.25, 0.3) is 0 Å². The molecule has 0 saturated carbocycles. The van der Waals surface area contributed by atoms with Crippen LogP contribution in [0.3, 0.4) is 0 Å². The van der Waals surface area contributed by atoms with Crippen molar-refractivity contribution in [1.82, 2.24) is 4.98 Å². The first-order valence-corrected chi connectivity index (χ1v) is 5.86. The van der Waals surface area contributed by atoms with Crippen LogP contribution in [0.4, 0.5) is 0 Å². The molecule has 0 aliphatic carbocycles. The maximum Gasteiger partial charge on any atom is 0.139 e. The number of aliphatic hydroxyl groups excluding tert-OH is 2. The van der Waals surface area contributed by atoms with Crippen LogP contribution >= 0.6 is 0 Å². The maximum absolute atomic E-state index is 9.29. The summed E-state index contributed by atoms with van der Waals surface area (Å²) in [7, 11) is 0. The summed E-state index contributed by atoms with van der Waals surface area (Å²) < 4.78 is 0. The van der Waals surface area contributed by atoms with Crippen LogP contribution in [-0.2, 0) is 6.61 Å². The molecule has 1 aromatic rings. The molecule has 5 heteroatoms. The van der Waals surface area contributed by atoms with Crippen molar-refractivity contribution < 1.29 is 15.3 Å². The average molecular weight is 256 g/mol. The summed E-state index contributed by atoms with van der Waals surface area (Å²) in [5.41, 5.74) is 6.21. The van der Waals surface area contributed by atoms with Crippen molar-refractivity contribution in [1.29, 1.82) is 0 Å². The Kier molecular flexibility index (Phi) is 6.83. The number of rotatable bonds is 3. The molecule has 0 aliphatic heterocycles. The fraction of sp³-hybridized carbons (Fsp3) is 0.615. The van der Waals surface area contributed by atoms with Crippen LogP contribution < -0.4 is 5.73 Å². The zero-order valence-electron chi connectivity index (χ0n) is 11.5. The van der Waals surface area contributed by atoms with E-state index in [4.69, 9.17) is 15.9 Å². The molecule has 1 atom stereocenters. The summed E-state index contributed by atoms with van der Waals surface area (Å²) in [4.78, 5) is 3.83. The van der Waals surface area contributed by atoms with Gasteiger partial charge in [-0.3, -0.25) is 0 Å². The van der Waals surface area contributed by atoms with Crippen LogP contribution in [0.2, 0.25) is 0 Å². The Hall–Kier alpha value is -1.17. The van der Waals surface area contributed by atoms with Crippen molar-refractivity contribution in [3.05, 3.63) is 23.5 Å². The molecule has 1 heterocycles. The number of nitrogens with zero attached hydrogens (tertiary/aromatic N) is 1. The van der Waals surface area contributed by atoms with Gasteiger partial charge in [0.1, 0.15) is 17.5 Å². The van der Waals surface area contributed by atoms with E-state index in [0.717, 1.165) is 0 Å². The highest BCUT2D eigenvalue weighted by atomic mass is 16.3. The van der Waals surface area contributed by atoms with Gasteiger partial charge in [-0.15, -0.1) is 0 Å². The minimum Gasteiger partial charge on any atom is -0.506 e. The third kappa shape index (κ3) is 7.21. The lowest BCUT2D eigenvalue weighted by Gasteiger charge is -2.08. The Morgan fingerprint density at radius 3 is 2.17 bits per heavy atom. The molecule has 5 nitrogen and oxygen atoms in total. The molecule has 0 saturated heterocycles. The van der Waals surface area contributed by atoms with Crippen molar-refractivity contribution >= 4 is 0 Å². The van der Waals surface area contributed by atoms with Gasteiger partial charge >= 0.3 is 0 Å². The normalized spacial score (nSPS) is 12.6. The van der Waals surface area contributed by atoms with Crippen LogP contribution in [0.15, 0.2) is 12.1 Å². The third-order valence-electron chi connectivity index (χ3n) is 1.69. The van der Waals surface area contributed by atoms with Crippen molar-refractivity contribution in [2.24, 2.45) is 11.1 Å². The van der Waals surface area contributed by atoms with Gasteiger partial charge in [0.05, 0.1) is 12.3 Å². The largest absolute Gasteiger partial charge is 0.506 e. The van der Waals surface area contributed by atoms with Gasteiger partial charge in [-0.25, -0.2) is 4.98 Å². The summed E-state index contributed by atoms with van der Waals surface area (Å²) in [5.74, 6) is -0.0875. The second kappa shape index (κ2) is 7.31. The van der Waals surface area contributed by atoms with Gasteiger partial charge in [-0.2, -0.15) is 0 Å². The molecular weight excluding hydrogens is 232 g/mol. The highest BCUT2D eigenvalue weighted by molar-refractivity contribution is 5.28. The van der Waals surface area contributed by atoms with Gasteiger partial charge in [0.25, 0.3) is 0 Å². The van der Waals surface area contributed by atoms with E-state index in [-0.39, 0.29) is 24.6 Å². The van der Waals surface area contributed by atoms with Crippen LogP contribution in [0.1, 0.15) is 45.2 Å². The molecule has 0 amide bonds. The number of aliphatic hydroxyl groups is 2. The molecule has 1 unspecified atom stereocenters. The highest BCUT2D eigenvalue weighted by Crippen LogP contribution is 2.17. The molecule has 0 aliphatic rings. The lowest BCUT2D eigenvalue weighted by Crippen LogP contribution is -2.13. The fourth-order valence-electron chi connectivity index (χ4n) is 0.934. The maximum atomic E-state index is 9.29. The molecule has 104 valence electrons. The summed E-state index contributed by atoms with van der Waals surface area (Å²) in [6.45, 7) is 8.44. The first-order valence-electron chi connectivity index (χ1n) is 5.86. The highest BCUT2D eigenvalue weighted by Gasteiger charge is 2.09. The fourth-order valence-corrected chi connectivity index (χ4v) is 0.934. The van der Waals surface area contributed by atoms with E-state index in [9.17, 15) is 5.11 Å². The quantitative estimate of drug-likeness (QED) is 0.653. The predicted octanol–water partition coefficient (Wildman–Crippen LogP) is 1.32. The van der Waals surface area contributed by atoms with E-state index >= 15 is 0 Å². The van der Waals surface area contributed by atoms with E-state index in [1.807, 2.05) is 0 Å². The van der Waals surface area contributed by atoms with Crippen LogP contribution in [-0.4, -0.2) is 26.8 Å². The molecule has 0 bridgehead atoms. The monoisotopic (exact) mass is 256 g/mol. The molecule has 18 heavy (non-hydrogen) atoms. The molecule has 1 rings (SSSR count). The Bertz CT molecular complexity index is 356. The van der Waals surface area contributed by atoms with Crippen LogP contribution in [0, 0.1) is 5.41 Å². The van der Waals surface area contributed by atoms with Crippen molar-refractivity contribution in [3.63, 3.8) is 0 Å². The number of hydrogen-bond acceptors (Lipinski definition) is 5. The second-order valence-corrected chi connectivity index (χ2v) is 5.61. The molecule has 0 fully saturated rings. The first-order chi connectivity index (χ1) is 8.19. The Morgan fingerprint density at radius 2 is 1.78 bits per heavy atom. The van der Waals surface area contributed by atoms with E-state index in [2.05, 4.69) is 32.7 Å². The van der Waals surface area contributed by atoms with Gasteiger partial charge in [0.2, 0.25) is 0 Å². The van der Waals surface area contributed by atoms with Gasteiger partial charge in [-0.1, -0.05) is 27.7 Å². The van der Waals surface area contributed by atoms with Crippen molar-refractivity contribution in [2.75, 3.05) is 6.54 Å². The smallest absolute Gasteiger partial charge is 0.139 e. The number of nitrogens with two attached hydrogens (primary N) is 1. The lowest BCUT2D eigenvalue weighted by atomic mass is 10.0. The minimum absolute atomic E-state index is 0.0582. The molecular formula is C13H24N2O3. The van der Waals surface area contributed by atoms with Crippen molar-refractivity contribution in [2.45, 2.75) is 40.4 Å². The van der Waals surface area contributed by atoms with E-state index in [0.29, 0.717) is 11.1 Å². The summed E-state index contributed by atoms with van der Waals surface area (Å²) >= 11 is 0. The molecule has 5 N–H and O–H groups in total. The Labute approximate surface area is 108 Å². The molecule has 1 aromatic heterocycles. The Balaban J connectivity index is 0.000000494. The zero-order valence-corrected chi connectivity index (χ0v) is 11.5. The SMILES string of the molecule is CC(C)(C)C.NCC(O)c1ccc(O)c(CO)n1. The number of aromatic nitrogens is 1. The van der Waals surface area contributed by atoms with Gasteiger partial charge in [-0.05, 0) is 17.5 Å². The third-order valence-corrected chi connectivity index (χ3v) is 1.69. The number of hydrogen-bond donors (Lipinski definition) is 4. The summed E-state index contributed by atoms with van der Waals surface area (Å²) in [5, 5.41) is 27.2. The van der Waals surface area contributed by atoms with Crippen molar-refractivity contribution in [3.8, 4) is 5.75 Å². The van der Waals surface area contributed by atoms with Gasteiger partial charge < -0.3 is 21.1 Å². The molecule has 0 aromatic carbocycles. The molecule has 0 spiro atoms. The minimum atomic E-state index is -0.856. The average Bonchev–Trinajstić information content (AvgIpc) is 2.26. The zero-order chi connectivity index (χ0) is 14.3. The van der Waals surface area contributed by atoms with E-state index in [1.54, 1.807) is 0 Å². The van der Waals surface area contributed by atoms with E-state index < -0.39 is 6.10 Å². The second-order valence-electron chi connectivity index (χ2n) is 5.61. The lowest BCUT2D eigenvalue weighted by molar-refractivity contribution is 0.180. The summed E-state index contributed by atoms with van der Waals surface area (Å²) in [6, 6.07) is 2.83. The standard InChI is InChI=1S/C8H12N2O3.C5H12/c9-3-8(13)5-1-2-7(12)6(4-11)10-5;1-5(2,3)4/h1-2,8,11-13H,3-4,9H2;1-4H3. The first kappa shape index (κ1) is 16.8. The van der Waals surface area contributed by atoms with E-state index in [1.165, 1.54) is 12.1 Å². The van der Waals surface area contributed by atoms with Crippen LogP contribution in [0.5, 0.6) is 5.75 Å². The summed E-state index contributed by atoms with van der Waals surface area (Å²) in [6.07, 6.45) is -0.856. The number of aromatic hydroxyl groups is 1. The van der Waals surface area contributed by atoms with Gasteiger partial charge in [0, 0.05) is 6.54 Å². The predicted molar refractivity (Wildman–Crippen MR) is 71.0 cm³/mol. The number of pyridine rings is 1. The van der Waals surface area contributed by atoms with Gasteiger partial charge in [0.15, 0.2) is 0 Å². The molecule has 0 radical (unpaired) electrons. The Morgan fingerprint density at radius 1 is 1.28 bits per heavy atom. The topological polar surface area (TPSA) is 99.6 Å².